The van der Waals surface area contributed by atoms with E-state index >= 15 is 0 Å². The van der Waals surface area contributed by atoms with Crippen LogP contribution in [0.4, 0.5) is 13.2 Å². The summed E-state index contributed by atoms with van der Waals surface area (Å²) in [6.07, 6.45) is -3.77. The van der Waals surface area contributed by atoms with Crippen LogP contribution < -0.4 is 5.43 Å². The summed E-state index contributed by atoms with van der Waals surface area (Å²) in [5, 5.41) is -0.252. The fourth-order valence-electron chi connectivity index (χ4n) is 1.95. The Hall–Kier alpha value is -2.24. The SMILES string of the molecule is O=c1c2ccccc2[nH]c2coc(C(F)(F)F)c12. The molecule has 0 fully saturated rings. The maximum absolute atomic E-state index is 12.7. The molecule has 2 heterocycles. The molecule has 3 rings (SSSR count). The van der Waals surface area contributed by atoms with Crippen molar-refractivity contribution in [3.63, 3.8) is 0 Å². The highest BCUT2D eigenvalue weighted by Gasteiger charge is 2.38. The number of hydrogen-bond donors (Lipinski definition) is 1. The zero-order valence-corrected chi connectivity index (χ0v) is 8.84. The van der Waals surface area contributed by atoms with Crippen molar-refractivity contribution >= 4 is 21.8 Å². The van der Waals surface area contributed by atoms with Gasteiger partial charge in [0.05, 0.1) is 10.9 Å². The van der Waals surface area contributed by atoms with Gasteiger partial charge >= 0.3 is 6.18 Å². The fraction of sp³-hybridized carbons (Fsp3) is 0.0833. The molecule has 0 amide bonds. The van der Waals surface area contributed by atoms with Crippen LogP contribution in [-0.4, -0.2) is 4.98 Å². The molecule has 3 nitrogen and oxygen atoms in total. The molecule has 0 aliphatic rings. The van der Waals surface area contributed by atoms with Gasteiger partial charge in [-0.2, -0.15) is 13.2 Å². The Bertz CT molecular complexity index is 798. The summed E-state index contributed by atoms with van der Waals surface area (Å²) in [5.41, 5.74) is -0.157. The number of H-pyrrole nitrogens is 1. The zero-order chi connectivity index (χ0) is 12.9. The van der Waals surface area contributed by atoms with Gasteiger partial charge in [-0.1, -0.05) is 12.1 Å². The maximum atomic E-state index is 12.7. The summed E-state index contributed by atoms with van der Waals surface area (Å²) in [6.45, 7) is 0. The van der Waals surface area contributed by atoms with E-state index in [0.717, 1.165) is 6.26 Å². The average molecular weight is 253 g/mol. The van der Waals surface area contributed by atoms with E-state index in [4.69, 9.17) is 0 Å². The minimum Gasteiger partial charge on any atom is -0.457 e. The molecule has 0 aliphatic heterocycles. The Morgan fingerprint density at radius 3 is 2.56 bits per heavy atom. The minimum absolute atomic E-state index is 0.0472. The third-order valence-corrected chi connectivity index (χ3v) is 2.72. The van der Waals surface area contributed by atoms with Crippen molar-refractivity contribution in [3.8, 4) is 0 Å². The van der Waals surface area contributed by atoms with E-state index in [1.165, 1.54) is 6.07 Å². The maximum Gasteiger partial charge on any atom is 0.450 e. The molecule has 6 heteroatoms. The second-order valence-corrected chi connectivity index (χ2v) is 3.85. The molecular weight excluding hydrogens is 247 g/mol. The Morgan fingerprint density at radius 2 is 1.83 bits per heavy atom. The van der Waals surface area contributed by atoms with E-state index in [0.29, 0.717) is 5.52 Å². The largest absolute Gasteiger partial charge is 0.457 e. The lowest BCUT2D eigenvalue weighted by Gasteiger charge is -2.02. The highest BCUT2D eigenvalue weighted by molar-refractivity contribution is 5.93. The molecule has 0 aliphatic carbocycles. The lowest BCUT2D eigenvalue weighted by Crippen LogP contribution is -2.10. The molecule has 0 saturated carbocycles. The van der Waals surface area contributed by atoms with Gasteiger partial charge in [0.2, 0.25) is 11.2 Å². The van der Waals surface area contributed by atoms with Crippen molar-refractivity contribution < 1.29 is 17.6 Å². The number of halogens is 3. The number of para-hydroxylation sites is 1. The predicted octanol–water partition coefficient (Wildman–Crippen LogP) is 3.29. The first-order valence-corrected chi connectivity index (χ1v) is 5.08. The lowest BCUT2D eigenvalue weighted by atomic mass is 10.1. The van der Waals surface area contributed by atoms with Crippen LogP contribution in [0.2, 0.25) is 0 Å². The molecule has 0 bridgehead atoms. The predicted molar refractivity (Wildman–Crippen MR) is 59.3 cm³/mol. The van der Waals surface area contributed by atoms with Crippen LogP contribution in [0, 0.1) is 0 Å². The molecule has 1 N–H and O–H groups in total. The fourth-order valence-corrected chi connectivity index (χ4v) is 1.95. The van der Waals surface area contributed by atoms with Gasteiger partial charge in [-0.3, -0.25) is 4.79 Å². The molecule has 0 unspecified atom stereocenters. The second kappa shape index (κ2) is 3.38. The average Bonchev–Trinajstić information content (AvgIpc) is 2.73. The summed E-state index contributed by atoms with van der Waals surface area (Å²) in [5.74, 6) is -1.26. The second-order valence-electron chi connectivity index (χ2n) is 3.85. The number of fused-ring (bicyclic) bond motifs is 2. The van der Waals surface area contributed by atoms with Crippen LogP contribution in [0.1, 0.15) is 5.76 Å². The Morgan fingerprint density at radius 1 is 1.11 bits per heavy atom. The van der Waals surface area contributed by atoms with Crippen LogP contribution in [0.5, 0.6) is 0 Å². The van der Waals surface area contributed by atoms with Crippen molar-refractivity contribution in [1.82, 2.24) is 4.98 Å². The third kappa shape index (κ3) is 1.42. The minimum atomic E-state index is -4.68. The first kappa shape index (κ1) is 10.9. The molecule has 0 spiro atoms. The molecule has 0 atom stereocenters. The van der Waals surface area contributed by atoms with E-state index in [-0.39, 0.29) is 10.9 Å². The number of pyridine rings is 1. The number of benzene rings is 1. The van der Waals surface area contributed by atoms with Crippen molar-refractivity contribution in [3.05, 3.63) is 46.5 Å². The summed E-state index contributed by atoms with van der Waals surface area (Å²) in [6, 6.07) is 6.38. The van der Waals surface area contributed by atoms with Crippen LogP contribution in [0.15, 0.2) is 39.7 Å². The smallest absolute Gasteiger partial charge is 0.450 e. The van der Waals surface area contributed by atoms with Gasteiger partial charge in [0.25, 0.3) is 0 Å². The molecule has 92 valence electrons. The highest BCUT2D eigenvalue weighted by atomic mass is 19.4. The summed E-state index contributed by atoms with van der Waals surface area (Å²) in [7, 11) is 0. The van der Waals surface area contributed by atoms with E-state index in [1.54, 1.807) is 18.2 Å². The van der Waals surface area contributed by atoms with Crippen molar-refractivity contribution in [2.75, 3.05) is 0 Å². The van der Waals surface area contributed by atoms with Crippen molar-refractivity contribution in [2.24, 2.45) is 0 Å². The Kier molecular flexibility index (Phi) is 2.04. The van der Waals surface area contributed by atoms with E-state index in [9.17, 15) is 18.0 Å². The molecule has 3 aromatic rings. The number of aromatic nitrogens is 1. The topological polar surface area (TPSA) is 46.0 Å². The monoisotopic (exact) mass is 253 g/mol. The van der Waals surface area contributed by atoms with Crippen molar-refractivity contribution in [2.45, 2.75) is 6.18 Å². The Balaban J connectivity index is 2.53. The molecule has 0 radical (unpaired) electrons. The number of aromatic amines is 1. The number of alkyl halides is 3. The Labute approximate surface area is 97.8 Å². The van der Waals surface area contributed by atoms with E-state index in [2.05, 4.69) is 9.40 Å². The van der Waals surface area contributed by atoms with Gasteiger partial charge in [-0.05, 0) is 12.1 Å². The number of hydrogen-bond acceptors (Lipinski definition) is 2. The first-order valence-electron chi connectivity index (χ1n) is 5.08. The van der Waals surface area contributed by atoms with Gasteiger partial charge in [0, 0.05) is 10.9 Å². The van der Waals surface area contributed by atoms with E-state index in [1.807, 2.05) is 0 Å². The van der Waals surface area contributed by atoms with Crippen LogP contribution in [0.3, 0.4) is 0 Å². The van der Waals surface area contributed by atoms with Gasteiger partial charge < -0.3 is 9.40 Å². The first-order chi connectivity index (χ1) is 8.48. The normalized spacial score (nSPS) is 12.4. The van der Waals surface area contributed by atoms with Crippen LogP contribution in [-0.2, 0) is 6.18 Å². The van der Waals surface area contributed by atoms with E-state index < -0.39 is 22.8 Å². The van der Waals surface area contributed by atoms with Crippen LogP contribution in [0.25, 0.3) is 21.8 Å². The van der Waals surface area contributed by atoms with Gasteiger partial charge in [-0.15, -0.1) is 0 Å². The number of rotatable bonds is 0. The third-order valence-electron chi connectivity index (χ3n) is 2.72. The molecule has 0 saturated heterocycles. The number of nitrogens with one attached hydrogen (secondary N) is 1. The van der Waals surface area contributed by atoms with Crippen LogP contribution >= 0.6 is 0 Å². The molecular formula is C12H6F3NO2. The standard InChI is InChI=1S/C12H6F3NO2/c13-12(14,15)11-9-8(5-18-11)16-7-4-2-1-3-6(7)10(9)17/h1-5,16H. The summed E-state index contributed by atoms with van der Waals surface area (Å²) in [4.78, 5) is 14.8. The quantitative estimate of drug-likeness (QED) is 0.668. The number of furan rings is 1. The molecule has 18 heavy (non-hydrogen) atoms. The summed E-state index contributed by atoms with van der Waals surface area (Å²) < 4.78 is 42.5. The summed E-state index contributed by atoms with van der Waals surface area (Å²) >= 11 is 0. The van der Waals surface area contributed by atoms with Gasteiger partial charge in [0.1, 0.15) is 6.26 Å². The van der Waals surface area contributed by atoms with Crippen molar-refractivity contribution in [1.29, 1.82) is 0 Å². The lowest BCUT2D eigenvalue weighted by molar-refractivity contribution is -0.151. The van der Waals surface area contributed by atoms with Gasteiger partial charge in [-0.25, -0.2) is 0 Å². The van der Waals surface area contributed by atoms with Gasteiger partial charge in [0.15, 0.2) is 0 Å². The molecule has 1 aromatic carbocycles. The molecule has 2 aromatic heterocycles. The zero-order valence-electron chi connectivity index (χ0n) is 8.84. The highest BCUT2D eigenvalue weighted by Crippen LogP contribution is 2.34.